The van der Waals surface area contributed by atoms with E-state index in [4.69, 9.17) is 49.7 Å². The lowest BCUT2D eigenvalue weighted by Gasteiger charge is -2.02. The molecular weight excluding hydrogens is 348 g/mol. The monoisotopic (exact) mass is 356 g/mol. The summed E-state index contributed by atoms with van der Waals surface area (Å²) in [5.74, 6) is 0. The molecule has 0 aromatic heterocycles. The molecule has 2 unspecified atom stereocenters. The van der Waals surface area contributed by atoms with E-state index in [1.807, 2.05) is 0 Å². The lowest BCUT2D eigenvalue weighted by atomic mass is 10.2. The summed E-state index contributed by atoms with van der Waals surface area (Å²) in [6, 6.07) is 3.08. The minimum Gasteiger partial charge on any atom is -0.392 e. The molecule has 0 aliphatic heterocycles. The first kappa shape index (κ1) is 18.4. The molecular formula is C7H9Cl3O6P2. The average molecular weight is 357 g/mol. The zero-order valence-corrected chi connectivity index (χ0v) is 12.8. The van der Waals surface area contributed by atoms with E-state index in [9.17, 15) is 9.13 Å². The van der Waals surface area contributed by atoms with Gasteiger partial charge in [-0.1, -0.05) is 34.8 Å². The standard InChI is InChI=1S/C7H5Cl3O.H4O5P2/c8-4-1-6(9)5(3-11)7(10)2-4;1-6(2)5-7(3)4/h1-2,11H,3H2;6-7H,(H,1,2)(H,3,4). The first-order valence-corrected chi connectivity index (χ1v) is 7.82. The first-order valence-electron chi connectivity index (χ1n) is 4.16. The van der Waals surface area contributed by atoms with Gasteiger partial charge in [0.05, 0.1) is 6.61 Å². The molecule has 0 bridgehead atoms. The largest absolute Gasteiger partial charge is 0.392 e. The molecule has 0 aliphatic carbocycles. The van der Waals surface area contributed by atoms with Gasteiger partial charge in [0.15, 0.2) is 0 Å². The van der Waals surface area contributed by atoms with Crippen molar-refractivity contribution < 1.29 is 28.3 Å². The molecule has 0 fully saturated rings. The van der Waals surface area contributed by atoms with Gasteiger partial charge in [-0.3, -0.25) is 9.13 Å². The van der Waals surface area contributed by atoms with Crippen LogP contribution in [0, 0.1) is 0 Å². The summed E-state index contributed by atoms with van der Waals surface area (Å²) >= 11 is 17.0. The maximum absolute atomic E-state index is 9.44. The van der Waals surface area contributed by atoms with E-state index in [0.717, 1.165) is 0 Å². The van der Waals surface area contributed by atoms with E-state index in [1.54, 1.807) is 12.1 Å². The van der Waals surface area contributed by atoms with Crippen LogP contribution in [0.25, 0.3) is 0 Å². The Morgan fingerprint density at radius 2 is 1.44 bits per heavy atom. The van der Waals surface area contributed by atoms with Gasteiger partial charge in [0.25, 0.3) is 0 Å². The van der Waals surface area contributed by atoms with E-state index < -0.39 is 16.5 Å². The minimum absolute atomic E-state index is 0.172. The smallest absolute Gasteiger partial charge is 0.323 e. The molecule has 1 rings (SSSR count). The normalized spacial score (nSPS) is 13.4. The van der Waals surface area contributed by atoms with Crippen LogP contribution in [0.5, 0.6) is 0 Å². The summed E-state index contributed by atoms with van der Waals surface area (Å²) in [5.41, 5.74) is 0.512. The fraction of sp³-hybridized carbons (Fsp3) is 0.143. The molecule has 104 valence electrons. The molecule has 0 heterocycles. The van der Waals surface area contributed by atoms with E-state index >= 15 is 0 Å². The van der Waals surface area contributed by atoms with E-state index in [1.165, 1.54) is 0 Å². The summed E-state index contributed by atoms with van der Waals surface area (Å²) in [4.78, 5) is 15.4. The SMILES string of the molecule is O=[PH](O)O[PH](=O)O.OCc1c(Cl)cc(Cl)cc1Cl. The van der Waals surface area contributed by atoms with Crippen LogP contribution in [0.15, 0.2) is 12.1 Å². The van der Waals surface area contributed by atoms with Crippen molar-refractivity contribution in [1.82, 2.24) is 0 Å². The Hall–Kier alpha value is 0.390. The third-order valence-corrected chi connectivity index (χ3v) is 3.73. The predicted molar refractivity (Wildman–Crippen MR) is 70.9 cm³/mol. The highest BCUT2D eigenvalue weighted by molar-refractivity contribution is 7.46. The van der Waals surface area contributed by atoms with Gasteiger partial charge in [0.2, 0.25) is 0 Å². The number of rotatable bonds is 3. The second-order valence-corrected chi connectivity index (χ2v) is 5.77. The van der Waals surface area contributed by atoms with Crippen molar-refractivity contribution in [2.45, 2.75) is 6.61 Å². The van der Waals surface area contributed by atoms with Gasteiger partial charge in [-0.15, -0.1) is 0 Å². The van der Waals surface area contributed by atoms with Crippen LogP contribution >= 0.6 is 51.3 Å². The lowest BCUT2D eigenvalue weighted by molar-refractivity contribution is 0.282. The molecule has 0 saturated carbocycles. The van der Waals surface area contributed by atoms with Crippen molar-refractivity contribution in [3.8, 4) is 0 Å². The van der Waals surface area contributed by atoms with Crippen molar-refractivity contribution in [3.63, 3.8) is 0 Å². The second kappa shape index (κ2) is 9.32. The van der Waals surface area contributed by atoms with Crippen LogP contribution in [-0.4, -0.2) is 14.9 Å². The topological polar surface area (TPSA) is 104 Å². The van der Waals surface area contributed by atoms with Gasteiger partial charge in [-0.05, 0) is 12.1 Å². The second-order valence-electron chi connectivity index (χ2n) is 2.64. The van der Waals surface area contributed by atoms with Crippen molar-refractivity contribution in [2.75, 3.05) is 0 Å². The van der Waals surface area contributed by atoms with Crippen LogP contribution in [0.1, 0.15) is 5.56 Å². The summed E-state index contributed by atoms with van der Waals surface area (Å²) in [5, 5.41) is 10.0. The molecule has 0 saturated heterocycles. The molecule has 0 amide bonds. The van der Waals surface area contributed by atoms with Gasteiger partial charge >= 0.3 is 16.5 Å². The summed E-state index contributed by atoms with van der Waals surface area (Å²) in [7, 11) is -6.40. The Morgan fingerprint density at radius 1 is 1.06 bits per heavy atom. The highest BCUT2D eigenvalue weighted by Crippen LogP contribution is 2.30. The van der Waals surface area contributed by atoms with Crippen molar-refractivity contribution in [1.29, 1.82) is 0 Å². The Bertz CT molecular complexity index is 420. The van der Waals surface area contributed by atoms with Gasteiger partial charge in [0.1, 0.15) is 0 Å². The van der Waals surface area contributed by atoms with E-state index in [2.05, 4.69) is 4.31 Å². The first-order chi connectivity index (χ1) is 8.27. The maximum atomic E-state index is 9.44. The summed E-state index contributed by atoms with van der Waals surface area (Å²) in [6.45, 7) is -0.172. The zero-order chi connectivity index (χ0) is 14.3. The van der Waals surface area contributed by atoms with Crippen molar-refractivity contribution in [2.24, 2.45) is 0 Å². The quantitative estimate of drug-likeness (QED) is 0.719. The van der Waals surface area contributed by atoms with Crippen LogP contribution in [-0.2, 0) is 20.0 Å². The van der Waals surface area contributed by atoms with Crippen LogP contribution in [0.2, 0.25) is 15.1 Å². The van der Waals surface area contributed by atoms with E-state index in [0.29, 0.717) is 20.6 Å². The predicted octanol–water partition coefficient (Wildman–Crippen LogP) is 2.91. The number of aliphatic hydroxyl groups is 1. The molecule has 1 aromatic rings. The third-order valence-electron chi connectivity index (χ3n) is 1.44. The van der Waals surface area contributed by atoms with Gasteiger partial charge in [0, 0.05) is 20.6 Å². The molecule has 0 radical (unpaired) electrons. The Kier molecular flexibility index (Phi) is 9.52. The minimum atomic E-state index is -3.20. The fourth-order valence-corrected chi connectivity index (χ4v) is 2.33. The van der Waals surface area contributed by atoms with Gasteiger partial charge in [-0.25, -0.2) is 4.31 Å². The summed E-state index contributed by atoms with van der Waals surface area (Å²) in [6.07, 6.45) is 0. The molecule has 0 aliphatic rings. The zero-order valence-electron chi connectivity index (χ0n) is 8.56. The lowest BCUT2D eigenvalue weighted by Crippen LogP contribution is -1.86. The fourth-order valence-electron chi connectivity index (χ4n) is 0.798. The average Bonchev–Trinajstić information content (AvgIpc) is 2.14. The third kappa shape index (κ3) is 7.74. The molecule has 1 aromatic carbocycles. The maximum Gasteiger partial charge on any atom is 0.323 e. The Labute approximate surface area is 119 Å². The molecule has 2 atom stereocenters. The number of hydrogen-bond acceptors (Lipinski definition) is 4. The van der Waals surface area contributed by atoms with Crippen LogP contribution < -0.4 is 0 Å². The van der Waals surface area contributed by atoms with E-state index in [-0.39, 0.29) is 6.61 Å². The number of hydrogen-bond donors (Lipinski definition) is 3. The number of aliphatic hydroxyl groups excluding tert-OH is 1. The van der Waals surface area contributed by atoms with Gasteiger partial charge < -0.3 is 14.9 Å². The highest BCUT2D eigenvalue weighted by Gasteiger charge is 2.05. The molecule has 3 N–H and O–H groups in total. The molecule has 6 nitrogen and oxygen atoms in total. The van der Waals surface area contributed by atoms with Crippen molar-refractivity contribution in [3.05, 3.63) is 32.8 Å². The van der Waals surface area contributed by atoms with Crippen molar-refractivity contribution >= 4 is 51.3 Å². The molecule has 18 heavy (non-hydrogen) atoms. The Morgan fingerprint density at radius 3 is 1.67 bits per heavy atom. The van der Waals surface area contributed by atoms with Crippen LogP contribution in [0.3, 0.4) is 0 Å². The Balaban J connectivity index is 0.000000360. The number of benzene rings is 1. The van der Waals surface area contributed by atoms with Gasteiger partial charge in [-0.2, -0.15) is 0 Å². The molecule has 0 spiro atoms. The molecule has 11 heteroatoms. The van der Waals surface area contributed by atoms with Crippen LogP contribution in [0.4, 0.5) is 0 Å². The highest BCUT2D eigenvalue weighted by atomic mass is 35.5. The summed E-state index contributed by atoms with van der Waals surface area (Å²) < 4.78 is 22.3. The number of halogens is 3.